The minimum atomic E-state index is -1.08. The molecule has 1 aromatic heterocycles. The van der Waals surface area contributed by atoms with E-state index in [4.69, 9.17) is 0 Å². The fourth-order valence-corrected chi connectivity index (χ4v) is 3.07. The van der Waals surface area contributed by atoms with Gasteiger partial charge in [0.2, 0.25) is 0 Å². The van der Waals surface area contributed by atoms with Crippen LogP contribution in [0.2, 0.25) is 0 Å². The summed E-state index contributed by atoms with van der Waals surface area (Å²) in [6.07, 6.45) is 1.62. The summed E-state index contributed by atoms with van der Waals surface area (Å²) < 4.78 is 11.3. The number of aryl methyl sites for hydroxylation is 1. The zero-order valence-electron chi connectivity index (χ0n) is 12.9. The maximum atomic E-state index is 11.3. The van der Waals surface area contributed by atoms with Crippen molar-refractivity contribution in [3.8, 4) is 0 Å². The summed E-state index contributed by atoms with van der Waals surface area (Å²) in [5.41, 5.74) is 2.57. The summed E-state index contributed by atoms with van der Waals surface area (Å²) >= 11 is -1.08. The smallest absolute Gasteiger partial charge is 0.263 e. The first-order valence-electron chi connectivity index (χ1n) is 7.37. The van der Waals surface area contributed by atoms with Gasteiger partial charge in [-0.05, 0) is 30.7 Å². The number of anilines is 2. The first kappa shape index (κ1) is 15.1. The largest absolute Gasteiger partial charge is 0.610 e. The van der Waals surface area contributed by atoms with Crippen LogP contribution in [0.1, 0.15) is 5.56 Å². The molecular weight excluding hydrogens is 296 g/mol. The topological polar surface area (TPSA) is 55.3 Å². The number of nitrogens with zero attached hydrogens (tertiary/aromatic N) is 4. The second-order valence-electron chi connectivity index (χ2n) is 5.50. The molecule has 0 saturated carbocycles. The number of piperazine rings is 1. The van der Waals surface area contributed by atoms with Gasteiger partial charge in [0.05, 0.1) is 0 Å². The van der Waals surface area contributed by atoms with Gasteiger partial charge in [0, 0.05) is 49.1 Å². The Morgan fingerprint density at radius 1 is 1.00 bits per heavy atom. The molecule has 22 heavy (non-hydrogen) atoms. The Hall–Kier alpha value is -1.79. The number of rotatable bonds is 3. The monoisotopic (exact) mass is 316 g/mol. The van der Waals surface area contributed by atoms with E-state index in [0.29, 0.717) is 5.03 Å². The third-order valence-electron chi connectivity index (χ3n) is 3.89. The maximum Gasteiger partial charge on any atom is 0.263 e. The predicted octanol–water partition coefficient (Wildman–Crippen LogP) is 1.85. The van der Waals surface area contributed by atoms with Gasteiger partial charge in [-0.25, -0.2) is 0 Å². The van der Waals surface area contributed by atoms with Crippen molar-refractivity contribution in [2.24, 2.45) is 0 Å². The third kappa shape index (κ3) is 3.34. The average Bonchev–Trinajstić information content (AvgIpc) is 2.55. The van der Waals surface area contributed by atoms with E-state index in [1.165, 1.54) is 11.3 Å². The van der Waals surface area contributed by atoms with Gasteiger partial charge in [-0.3, -0.25) is 0 Å². The molecule has 0 radical (unpaired) electrons. The van der Waals surface area contributed by atoms with Crippen LogP contribution in [0.15, 0.2) is 41.4 Å². The standard InChI is InChI=1S/C16H20N4OS/c1-13-4-3-5-14(12-13)19-8-10-20(11-9-19)15-6-7-16(18-17-15)22(2)21/h3-7,12H,8-11H2,1-2H3. The molecule has 2 heterocycles. The minimum Gasteiger partial charge on any atom is -0.610 e. The number of hydrogen-bond donors (Lipinski definition) is 0. The van der Waals surface area contributed by atoms with Crippen LogP contribution >= 0.6 is 0 Å². The lowest BCUT2D eigenvalue weighted by Crippen LogP contribution is -2.46. The molecule has 1 saturated heterocycles. The molecule has 1 fully saturated rings. The van der Waals surface area contributed by atoms with Crippen molar-refractivity contribution in [1.29, 1.82) is 0 Å². The van der Waals surface area contributed by atoms with E-state index in [1.807, 2.05) is 6.07 Å². The maximum absolute atomic E-state index is 11.3. The van der Waals surface area contributed by atoms with Gasteiger partial charge in [-0.2, -0.15) is 0 Å². The molecule has 5 nitrogen and oxygen atoms in total. The number of aromatic nitrogens is 2. The fourth-order valence-electron chi connectivity index (χ4n) is 2.65. The summed E-state index contributed by atoms with van der Waals surface area (Å²) in [5.74, 6) is 0.859. The fraction of sp³-hybridized carbons (Fsp3) is 0.375. The molecule has 1 aliphatic heterocycles. The highest BCUT2D eigenvalue weighted by atomic mass is 32.2. The summed E-state index contributed by atoms with van der Waals surface area (Å²) in [6, 6.07) is 12.3. The molecule has 1 unspecified atom stereocenters. The normalized spacial score (nSPS) is 16.7. The van der Waals surface area contributed by atoms with E-state index >= 15 is 0 Å². The van der Waals surface area contributed by atoms with Gasteiger partial charge in [0.25, 0.3) is 5.03 Å². The van der Waals surface area contributed by atoms with Gasteiger partial charge < -0.3 is 14.4 Å². The van der Waals surface area contributed by atoms with Crippen LogP contribution in [-0.2, 0) is 11.2 Å². The first-order chi connectivity index (χ1) is 10.6. The summed E-state index contributed by atoms with van der Waals surface area (Å²) in [5, 5.41) is 8.77. The molecular formula is C16H20N4OS. The Labute approximate surface area is 134 Å². The lowest BCUT2D eigenvalue weighted by molar-refractivity contribution is 0.593. The summed E-state index contributed by atoms with van der Waals surface area (Å²) in [6.45, 7) is 5.88. The van der Waals surface area contributed by atoms with Crippen molar-refractivity contribution in [3.63, 3.8) is 0 Å². The molecule has 0 amide bonds. The van der Waals surface area contributed by atoms with Crippen LogP contribution in [0.4, 0.5) is 11.5 Å². The quantitative estimate of drug-likeness (QED) is 0.809. The zero-order chi connectivity index (χ0) is 15.5. The lowest BCUT2D eigenvalue weighted by atomic mass is 10.2. The van der Waals surface area contributed by atoms with Gasteiger partial charge in [0.1, 0.15) is 6.26 Å². The average molecular weight is 316 g/mol. The van der Waals surface area contributed by atoms with E-state index in [0.717, 1.165) is 32.0 Å². The molecule has 0 bridgehead atoms. The van der Waals surface area contributed by atoms with Gasteiger partial charge in [-0.15, -0.1) is 5.10 Å². The van der Waals surface area contributed by atoms with Crippen LogP contribution in [-0.4, -0.2) is 47.2 Å². The Morgan fingerprint density at radius 3 is 2.32 bits per heavy atom. The van der Waals surface area contributed by atoms with Crippen molar-refractivity contribution in [2.75, 3.05) is 42.2 Å². The second-order valence-corrected chi connectivity index (χ2v) is 6.82. The molecule has 0 spiro atoms. The highest BCUT2D eigenvalue weighted by Gasteiger charge is 2.19. The van der Waals surface area contributed by atoms with E-state index in [1.54, 1.807) is 12.3 Å². The Balaban J connectivity index is 1.64. The number of hydrogen-bond acceptors (Lipinski definition) is 5. The SMILES string of the molecule is Cc1cccc(N2CCN(c3ccc([S+](C)[O-])nn3)CC2)c1. The van der Waals surface area contributed by atoms with Crippen molar-refractivity contribution in [1.82, 2.24) is 10.2 Å². The lowest BCUT2D eigenvalue weighted by Gasteiger charge is -2.36. The molecule has 1 aliphatic rings. The highest BCUT2D eigenvalue weighted by Crippen LogP contribution is 2.20. The van der Waals surface area contributed by atoms with Crippen LogP contribution in [0.5, 0.6) is 0 Å². The molecule has 3 rings (SSSR count). The minimum absolute atomic E-state index is 0.530. The van der Waals surface area contributed by atoms with E-state index < -0.39 is 11.2 Å². The van der Waals surface area contributed by atoms with Crippen molar-refractivity contribution in [2.45, 2.75) is 11.9 Å². The Bertz CT molecular complexity index is 624. The van der Waals surface area contributed by atoms with E-state index in [2.05, 4.69) is 51.2 Å². The van der Waals surface area contributed by atoms with Crippen molar-refractivity contribution in [3.05, 3.63) is 42.0 Å². The van der Waals surface area contributed by atoms with E-state index in [9.17, 15) is 4.55 Å². The van der Waals surface area contributed by atoms with Crippen LogP contribution in [0.25, 0.3) is 0 Å². The molecule has 0 aliphatic carbocycles. The molecule has 1 aromatic carbocycles. The summed E-state index contributed by atoms with van der Waals surface area (Å²) in [7, 11) is 0. The molecule has 116 valence electrons. The van der Waals surface area contributed by atoms with E-state index in [-0.39, 0.29) is 0 Å². The molecule has 6 heteroatoms. The third-order valence-corrected chi connectivity index (χ3v) is 4.70. The Morgan fingerprint density at radius 2 is 1.73 bits per heavy atom. The predicted molar refractivity (Wildman–Crippen MR) is 90.0 cm³/mol. The summed E-state index contributed by atoms with van der Waals surface area (Å²) in [4.78, 5) is 4.62. The highest BCUT2D eigenvalue weighted by molar-refractivity contribution is 7.90. The zero-order valence-corrected chi connectivity index (χ0v) is 13.7. The van der Waals surface area contributed by atoms with Crippen LogP contribution in [0.3, 0.4) is 0 Å². The first-order valence-corrected chi connectivity index (χ1v) is 8.93. The number of benzene rings is 1. The van der Waals surface area contributed by atoms with Crippen molar-refractivity contribution >= 4 is 22.7 Å². The van der Waals surface area contributed by atoms with Gasteiger partial charge in [-0.1, -0.05) is 17.2 Å². The van der Waals surface area contributed by atoms with Crippen molar-refractivity contribution < 1.29 is 4.55 Å². The molecule has 0 N–H and O–H groups in total. The van der Waals surface area contributed by atoms with Crippen LogP contribution in [0, 0.1) is 6.92 Å². The second kappa shape index (κ2) is 6.54. The van der Waals surface area contributed by atoms with Crippen LogP contribution < -0.4 is 9.80 Å². The Kier molecular flexibility index (Phi) is 4.49. The molecule has 1 atom stereocenters. The van der Waals surface area contributed by atoms with Gasteiger partial charge in [0.15, 0.2) is 5.82 Å². The molecule has 2 aromatic rings. The van der Waals surface area contributed by atoms with Gasteiger partial charge >= 0.3 is 0 Å².